The highest BCUT2D eigenvalue weighted by molar-refractivity contribution is 5.92. The standard InChI is InChI=1S/C22H20N4O/c1-2-16-5-9-20(10-6-16)25-22(27)13-17-3-7-18(8-4-17)19-11-12-26-21(14-19)23-15-24-26/h3-12,14-15H,2,13H2,1H3,(H,25,27). The van der Waals surface area contributed by atoms with E-state index in [0.717, 1.165) is 34.4 Å². The van der Waals surface area contributed by atoms with Crippen molar-refractivity contribution in [2.45, 2.75) is 19.8 Å². The average molecular weight is 356 g/mol. The van der Waals surface area contributed by atoms with Gasteiger partial charge in [0, 0.05) is 11.9 Å². The number of hydrogen-bond donors (Lipinski definition) is 1. The number of carbonyl (C=O) groups is 1. The highest BCUT2D eigenvalue weighted by atomic mass is 16.1. The molecular formula is C22H20N4O. The van der Waals surface area contributed by atoms with E-state index in [4.69, 9.17) is 0 Å². The lowest BCUT2D eigenvalue weighted by Crippen LogP contribution is -2.14. The van der Waals surface area contributed by atoms with Gasteiger partial charge in [0.15, 0.2) is 5.65 Å². The number of amides is 1. The third-order valence-electron chi connectivity index (χ3n) is 4.58. The molecule has 27 heavy (non-hydrogen) atoms. The minimum atomic E-state index is -0.0168. The molecule has 0 radical (unpaired) electrons. The van der Waals surface area contributed by atoms with E-state index in [2.05, 4.69) is 22.3 Å². The first-order chi connectivity index (χ1) is 13.2. The zero-order chi connectivity index (χ0) is 18.6. The van der Waals surface area contributed by atoms with Gasteiger partial charge < -0.3 is 5.32 Å². The topological polar surface area (TPSA) is 59.3 Å². The first-order valence-electron chi connectivity index (χ1n) is 8.99. The van der Waals surface area contributed by atoms with Crippen LogP contribution < -0.4 is 5.32 Å². The lowest BCUT2D eigenvalue weighted by atomic mass is 10.0. The summed E-state index contributed by atoms with van der Waals surface area (Å²) in [6.45, 7) is 2.11. The van der Waals surface area contributed by atoms with Gasteiger partial charge in [0.1, 0.15) is 6.33 Å². The van der Waals surface area contributed by atoms with Crippen LogP contribution in [0.25, 0.3) is 16.8 Å². The molecule has 2 aromatic heterocycles. The van der Waals surface area contributed by atoms with Gasteiger partial charge in [-0.05, 0) is 52.9 Å². The van der Waals surface area contributed by atoms with Crippen molar-refractivity contribution in [1.82, 2.24) is 14.6 Å². The minimum Gasteiger partial charge on any atom is -0.326 e. The molecule has 0 saturated carbocycles. The molecule has 2 heterocycles. The van der Waals surface area contributed by atoms with Crippen molar-refractivity contribution in [3.63, 3.8) is 0 Å². The van der Waals surface area contributed by atoms with Crippen molar-refractivity contribution >= 4 is 17.2 Å². The van der Waals surface area contributed by atoms with Crippen molar-refractivity contribution < 1.29 is 4.79 Å². The summed E-state index contributed by atoms with van der Waals surface area (Å²) in [5, 5.41) is 7.05. The molecule has 0 atom stereocenters. The molecule has 4 aromatic rings. The Balaban J connectivity index is 1.42. The van der Waals surface area contributed by atoms with Gasteiger partial charge in [-0.15, -0.1) is 0 Å². The molecule has 0 spiro atoms. The number of nitrogens with zero attached hydrogens (tertiary/aromatic N) is 3. The molecule has 0 aliphatic heterocycles. The van der Waals surface area contributed by atoms with E-state index in [1.807, 2.05) is 66.9 Å². The van der Waals surface area contributed by atoms with E-state index < -0.39 is 0 Å². The van der Waals surface area contributed by atoms with Gasteiger partial charge in [-0.25, -0.2) is 9.50 Å². The Bertz CT molecular complexity index is 1070. The Morgan fingerprint density at radius 2 is 1.70 bits per heavy atom. The zero-order valence-electron chi connectivity index (χ0n) is 15.1. The van der Waals surface area contributed by atoms with Crippen LogP contribution in [0.1, 0.15) is 18.1 Å². The molecule has 0 unspecified atom stereocenters. The summed E-state index contributed by atoms with van der Waals surface area (Å²) in [6, 6.07) is 20.0. The van der Waals surface area contributed by atoms with Gasteiger partial charge in [0.25, 0.3) is 0 Å². The van der Waals surface area contributed by atoms with Crippen LogP contribution in [0.5, 0.6) is 0 Å². The highest BCUT2D eigenvalue weighted by Gasteiger charge is 2.06. The maximum absolute atomic E-state index is 12.3. The Morgan fingerprint density at radius 3 is 2.44 bits per heavy atom. The number of benzene rings is 2. The van der Waals surface area contributed by atoms with Crippen LogP contribution in [0, 0.1) is 0 Å². The summed E-state index contributed by atoms with van der Waals surface area (Å²) in [7, 11) is 0. The van der Waals surface area contributed by atoms with Crippen molar-refractivity contribution in [1.29, 1.82) is 0 Å². The Labute approximate surface area is 157 Å². The molecule has 0 fully saturated rings. The molecule has 0 aliphatic rings. The van der Waals surface area contributed by atoms with E-state index in [1.165, 1.54) is 11.9 Å². The SMILES string of the molecule is CCc1ccc(NC(=O)Cc2ccc(-c3ccn4ncnc4c3)cc2)cc1. The van der Waals surface area contributed by atoms with Crippen molar-refractivity contribution in [3.05, 3.63) is 84.3 Å². The van der Waals surface area contributed by atoms with Crippen LogP contribution in [-0.4, -0.2) is 20.5 Å². The smallest absolute Gasteiger partial charge is 0.228 e. The summed E-state index contributed by atoms with van der Waals surface area (Å²) in [4.78, 5) is 16.5. The van der Waals surface area contributed by atoms with Crippen molar-refractivity contribution in [2.75, 3.05) is 5.32 Å². The molecule has 5 heteroatoms. The summed E-state index contributed by atoms with van der Waals surface area (Å²) < 4.78 is 1.73. The number of aryl methyl sites for hydroxylation is 1. The van der Waals surface area contributed by atoms with E-state index >= 15 is 0 Å². The molecule has 0 aliphatic carbocycles. The normalized spacial score (nSPS) is 10.9. The van der Waals surface area contributed by atoms with Crippen molar-refractivity contribution in [2.24, 2.45) is 0 Å². The van der Waals surface area contributed by atoms with Gasteiger partial charge in [-0.2, -0.15) is 5.10 Å². The maximum atomic E-state index is 12.3. The second-order valence-corrected chi connectivity index (χ2v) is 6.45. The van der Waals surface area contributed by atoms with Crippen LogP contribution in [-0.2, 0) is 17.6 Å². The van der Waals surface area contributed by atoms with Crippen LogP contribution in [0.4, 0.5) is 5.69 Å². The number of fused-ring (bicyclic) bond motifs is 1. The van der Waals surface area contributed by atoms with Gasteiger partial charge in [0.2, 0.25) is 5.91 Å². The van der Waals surface area contributed by atoms with Gasteiger partial charge in [0.05, 0.1) is 6.42 Å². The van der Waals surface area contributed by atoms with Crippen molar-refractivity contribution in [3.8, 4) is 11.1 Å². The summed E-state index contributed by atoms with van der Waals surface area (Å²) in [5.41, 5.74) is 6.03. The summed E-state index contributed by atoms with van der Waals surface area (Å²) in [6.07, 6.45) is 4.77. The third kappa shape index (κ3) is 3.87. The molecule has 134 valence electrons. The molecule has 0 saturated heterocycles. The number of pyridine rings is 1. The predicted molar refractivity (Wildman–Crippen MR) is 107 cm³/mol. The van der Waals surface area contributed by atoms with Crippen LogP contribution in [0.2, 0.25) is 0 Å². The zero-order valence-corrected chi connectivity index (χ0v) is 15.1. The summed E-state index contributed by atoms with van der Waals surface area (Å²) >= 11 is 0. The van der Waals surface area contributed by atoms with E-state index in [9.17, 15) is 4.79 Å². The third-order valence-corrected chi connectivity index (χ3v) is 4.58. The largest absolute Gasteiger partial charge is 0.326 e. The Morgan fingerprint density at radius 1 is 0.963 bits per heavy atom. The number of anilines is 1. The molecule has 2 aromatic carbocycles. The second kappa shape index (κ2) is 7.41. The van der Waals surface area contributed by atoms with E-state index in [1.54, 1.807) is 4.52 Å². The fourth-order valence-electron chi connectivity index (χ4n) is 3.02. The van der Waals surface area contributed by atoms with Crippen LogP contribution in [0.3, 0.4) is 0 Å². The average Bonchev–Trinajstić information content (AvgIpc) is 3.17. The molecule has 0 bridgehead atoms. The van der Waals surface area contributed by atoms with Crippen LogP contribution >= 0.6 is 0 Å². The molecule has 5 nitrogen and oxygen atoms in total. The lowest BCUT2D eigenvalue weighted by Gasteiger charge is -2.07. The number of aromatic nitrogens is 3. The van der Waals surface area contributed by atoms with E-state index in [-0.39, 0.29) is 5.91 Å². The number of hydrogen-bond acceptors (Lipinski definition) is 3. The predicted octanol–water partition coefficient (Wildman–Crippen LogP) is 4.14. The van der Waals surface area contributed by atoms with E-state index in [0.29, 0.717) is 6.42 Å². The molecule has 1 amide bonds. The Hall–Kier alpha value is -3.47. The monoisotopic (exact) mass is 356 g/mol. The number of carbonyl (C=O) groups excluding carboxylic acids is 1. The lowest BCUT2D eigenvalue weighted by molar-refractivity contribution is -0.115. The molecule has 1 N–H and O–H groups in total. The first-order valence-corrected chi connectivity index (χ1v) is 8.99. The molecular weight excluding hydrogens is 336 g/mol. The van der Waals surface area contributed by atoms with Gasteiger partial charge in [-0.1, -0.05) is 43.3 Å². The maximum Gasteiger partial charge on any atom is 0.228 e. The number of rotatable bonds is 5. The van der Waals surface area contributed by atoms with Gasteiger partial charge >= 0.3 is 0 Å². The number of nitrogens with one attached hydrogen (secondary N) is 1. The highest BCUT2D eigenvalue weighted by Crippen LogP contribution is 2.21. The minimum absolute atomic E-state index is 0.0168. The van der Waals surface area contributed by atoms with Crippen LogP contribution in [0.15, 0.2) is 73.2 Å². The Kier molecular flexibility index (Phi) is 4.66. The fraction of sp³-hybridized carbons (Fsp3) is 0.136. The fourth-order valence-corrected chi connectivity index (χ4v) is 3.02. The second-order valence-electron chi connectivity index (χ2n) is 6.45. The van der Waals surface area contributed by atoms with Gasteiger partial charge in [-0.3, -0.25) is 4.79 Å². The summed E-state index contributed by atoms with van der Waals surface area (Å²) in [5.74, 6) is -0.0168. The first kappa shape index (κ1) is 17.0. The quantitative estimate of drug-likeness (QED) is 0.585. The molecule has 4 rings (SSSR count).